The number of rotatable bonds is 2. The number of allylic oxidation sites excluding steroid dienone is 2. The molecule has 0 aliphatic rings. The van der Waals surface area contributed by atoms with Crippen molar-refractivity contribution in [2.45, 2.75) is 6.92 Å². The van der Waals surface area contributed by atoms with Gasteiger partial charge in [0.1, 0.15) is 17.7 Å². The van der Waals surface area contributed by atoms with Gasteiger partial charge in [0.2, 0.25) is 0 Å². The smallest absolute Gasteiger partial charge is 0.133 e. The second-order valence-electron chi connectivity index (χ2n) is 3.66. The van der Waals surface area contributed by atoms with Crippen LogP contribution in [0, 0.1) is 22.7 Å². The van der Waals surface area contributed by atoms with Gasteiger partial charge in [0.25, 0.3) is 0 Å². The highest BCUT2D eigenvalue weighted by Crippen LogP contribution is 2.20. The number of benzene rings is 1. The molecule has 1 rings (SSSR count). The van der Waals surface area contributed by atoms with Crippen molar-refractivity contribution in [3.8, 4) is 12.1 Å². The van der Waals surface area contributed by atoms with Crippen molar-refractivity contribution < 1.29 is 0 Å². The molecule has 80 valence electrons. The summed E-state index contributed by atoms with van der Waals surface area (Å²) < 4.78 is 0. The molecular weight excluding hydrogens is 198 g/mol. The van der Waals surface area contributed by atoms with Gasteiger partial charge in [-0.3, -0.25) is 0 Å². The van der Waals surface area contributed by atoms with E-state index in [4.69, 9.17) is 10.5 Å². The van der Waals surface area contributed by atoms with Gasteiger partial charge in [-0.05, 0) is 30.2 Å². The Kier molecular flexibility index (Phi) is 3.69. The van der Waals surface area contributed by atoms with E-state index in [1.165, 1.54) is 0 Å². The van der Waals surface area contributed by atoms with E-state index in [2.05, 4.69) is 0 Å². The van der Waals surface area contributed by atoms with Gasteiger partial charge in [0.15, 0.2) is 0 Å². The van der Waals surface area contributed by atoms with Gasteiger partial charge < -0.3 is 4.90 Å². The molecule has 0 aliphatic heterocycles. The number of hydrogen-bond acceptors (Lipinski definition) is 3. The maximum atomic E-state index is 8.76. The van der Waals surface area contributed by atoms with Crippen molar-refractivity contribution in [1.82, 2.24) is 0 Å². The largest absolute Gasteiger partial charge is 0.378 e. The first-order valence-electron chi connectivity index (χ1n) is 4.89. The molecule has 0 bridgehead atoms. The fourth-order valence-corrected chi connectivity index (χ4v) is 1.35. The molecule has 3 nitrogen and oxygen atoms in total. The van der Waals surface area contributed by atoms with Crippen LogP contribution in [-0.2, 0) is 0 Å². The van der Waals surface area contributed by atoms with Gasteiger partial charge in [-0.15, -0.1) is 0 Å². The zero-order valence-corrected chi connectivity index (χ0v) is 9.65. The normalized spacial score (nSPS) is 8.81. The van der Waals surface area contributed by atoms with Crippen LogP contribution < -0.4 is 4.90 Å². The second kappa shape index (κ2) is 5.00. The topological polar surface area (TPSA) is 50.8 Å². The zero-order valence-electron chi connectivity index (χ0n) is 9.65. The van der Waals surface area contributed by atoms with Crippen LogP contribution in [0.1, 0.15) is 12.5 Å². The summed E-state index contributed by atoms with van der Waals surface area (Å²) in [4.78, 5) is 2.00. The van der Waals surface area contributed by atoms with Crippen molar-refractivity contribution in [3.05, 3.63) is 35.4 Å². The Bertz CT molecular complexity index is 465. The van der Waals surface area contributed by atoms with Gasteiger partial charge in [-0.1, -0.05) is 12.1 Å². The molecule has 0 heterocycles. The van der Waals surface area contributed by atoms with E-state index < -0.39 is 0 Å². The number of hydrogen-bond donors (Lipinski definition) is 0. The van der Waals surface area contributed by atoms with Crippen LogP contribution in [0.25, 0.3) is 5.57 Å². The first-order valence-corrected chi connectivity index (χ1v) is 4.89. The summed E-state index contributed by atoms with van der Waals surface area (Å²) in [7, 11) is 3.93. The van der Waals surface area contributed by atoms with Gasteiger partial charge in [-0.25, -0.2) is 0 Å². The molecule has 0 spiro atoms. The fourth-order valence-electron chi connectivity index (χ4n) is 1.35. The maximum absolute atomic E-state index is 8.76. The van der Waals surface area contributed by atoms with E-state index in [9.17, 15) is 0 Å². The van der Waals surface area contributed by atoms with Crippen LogP contribution in [0.4, 0.5) is 5.69 Å². The molecule has 0 fully saturated rings. The Hall–Kier alpha value is -2.26. The van der Waals surface area contributed by atoms with Crippen molar-refractivity contribution in [2.75, 3.05) is 19.0 Å². The highest BCUT2D eigenvalue weighted by Gasteiger charge is 2.04. The summed E-state index contributed by atoms with van der Waals surface area (Å²) in [5.41, 5.74) is 2.88. The molecular formula is C13H13N3. The molecule has 0 saturated heterocycles. The van der Waals surface area contributed by atoms with Crippen LogP contribution in [0.3, 0.4) is 0 Å². The third-order valence-corrected chi connectivity index (χ3v) is 2.42. The van der Waals surface area contributed by atoms with E-state index in [0.717, 1.165) is 16.8 Å². The molecule has 0 atom stereocenters. The minimum absolute atomic E-state index is 0.164. The molecule has 0 aromatic heterocycles. The van der Waals surface area contributed by atoms with E-state index >= 15 is 0 Å². The molecule has 0 radical (unpaired) electrons. The van der Waals surface area contributed by atoms with Gasteiger partial charge in [0, 0.05) is 19.8 Å². The average Bonchev–Trinajstić information content (AvgIpc) is 2.30. The summed E-state index contributed by atoms with van der Waals surface area (Å²) in [6.07, 6.45) is 0. The molecule has 1 aromatic carbocycles. The maximum Gasteiger partial charge on any atom is 0.133 e. The number of anilines is 1. The van der Waals surface area contributed by atoms with E-state index in [1.54, 1.807) is 6.92 Å². The lowest BCUT2D eigenvalue weighted by molar-refractivity contribution is 1.13. The van der Waals surface area contributed by atoms with Crippen LogP contribution >= 0.6 is 0 Å². The lowest BCUT2D eigenvalue weighted by Crippen LogP contribution is -2.08. The highest BCUT2D eigenvalue weighted by atomic mass is 15.1. The third kappa shape index (κ3) is 2.40. The lowest BCUT2D eigenvalue weighted by atomic mass is 10.0. The summed E-state index contributed by atoms with van der Waals surface area (Å²) in [5.74, 6) is 0. The molecule has 16 heavy (non-hydrogen) atoms. The van der Waals surface area contributed by atoms with Crippen molar-refractivity contribution >= 4 is 11.3 Å². The van der Waals surface area contributed by atoms with Crippen LogP contribution in [0.15, 0.2) is 29.8 Å². The monoisotopic (exact) mass is 211 g/mol. The Morgan fingerprint density at radius 3 is 1.94 bits per heavy atom. The first-order chi connectivity index (χ1) is 7.60. The molecule has 0 aliphatic carbocycles. The van der Waals surface area contributed by atoms with Crippen molar-refractivity contribution in [3.63, 3.8) is 0 Å². The average molecular weight is 211 g/mol. The van der Waals surface area contributed by atoms with Gasteiger partial charge in [-0.2, -0.15) is 10.5 Å². The SMILES string of the molecule is CC(=C(C#N)C#N)c1ccc(N(C)C)cc1. The molecule has 0 saturated carbocycles. The molecule has 0 N–H and O–H groups in total. The van der Waals surface area contributed by atoms with Gasteiger partial charge in [0.05, 0.1) is 0 Å². The van der Waals surface area contributed by atoms with Crippen molar-refractivity contribution in [2.24, 2.45) is 0 Å². The third-order valence-electron chi connectivity index (χ3n) is 2.42. The van der Waals surface area contributed by atoms with Crippen LogP contribution in [-0.4, -0.2) is 14.1 Å². The van der Waals surface area contributed by atoms with Gasteiger partial charge >= 0.3 is 0 Å². The fraction of sp³-hybridized carbons (Fsp3) is 0.231. The second-order valence-corrected chi connectivity index (χ2v) is 3.66. The van der Waals surface area contributed by atoms with Crippen LogP contribution in [0.5, 0.6) is 0 Å². The highest BCUT2D eigenvalue weighted by molar-refractivity contribution is 5.74. The Morgan fingerprint density at radius 1 is 1.06 bits per heavy atom. The quantitative estimate of drug-likeness (QED) is 0.706. The molecule has 0 amide bonds. The van der Waals surface area contributed by atoms with Crippen LogP contribution in [0.2, 0.25) is 0 Å². The standard InChI is InChI=1S/C13H13N3/c1-10(12(8-14)9-15)11-4-6-13(7-5-11)16(2)3/h4-7H,1-3H3. The van der Waals surface area contributed by atoms with E-state index in [-0.39, 0.29) is 5.57 Å². The first kappa shape index (κ1) is 11.8. The minimum atomic E-state index is 0.164. The van der Waals surface area contributed by atoms with E-state index in [1.807, 2.05) is 55.4 Å². The summed E-state index contributed by atoms with van der Waals surface area (Å²) in [6.45, 7) is 1.78. The Balaban J connectivity index is 3.14. The summed E-state index contributed by atoms with van der Waals surface area (Å²) in [5, 5.41) is 17.5. The zero-order chi connectivity index (χ0) is 12.1. The molecule has 1 aromatic rings. The number of nitrogens with zero attached hydrogens (tertiary/aromatic N) is 3. The molecule has 3 heteroatoms. The number of nitriles is 2. The predicted octanol–water partition coefficient (Wildman–Crippen LogP) is 2.57. The Labute approximate surface area is 95.8 Å². The summed E-state index contributed by atoms with van der Waals surface area (Å²) >= 11 is 0. The van der Waals surface area contributed by atoms with Crippen molar-refractivity contribution in [1.29, 1.82) is 10.5 Å². The molecule has 0 unspecified atom stereocenters. The lowest BCUT2D eigenvalue weighted by Gasteiger charge is -2.12. The minimum Gasteiger partial charge on any atom is -0.378 e. The summed E-state index contributed by atoms with van der Waals surface area (Å²) in [6, 6.07) is 11.5. The van der Waals surface area contributed by atoms with E-state index in [0.29, 0.717) is 0 Å². The Morgan fingerprint density at radius 2 is 1.56 bits per heavy atom. The predicted molar refractivity (Wildman–Crippen MR) is 64.6 cm³/mol.